The fourth-order valence-corrected chi connectivity index (χ4v) is 2.77. The van der Waals surface area contributed by atoms with Crippen LogP contribution in [0.3, 0.4) is 0 Å². The fourth-order valence-electron chi connectivity index (χ4n) is 2.77. The minimum atomic E-state index is -0.348. The Hall–Kier alpha value is -2.90. The first-order valence-corrected chi connectivity index (χ1v) is 8.07. The second kappa shape index (κ2) is 7.78. The molecule has 2 aromatic rings. The molecule has 1 aromatic carbocycles. The van der Waals surface area contributed by atoms with E-state index in [9.17, 15) is 14.0 Å². The molecule has 1 aliphatic rings. The first-order chi connectivity index (χ1) is 12.1. The van der Waals surface area contributed by atoms with E-state index in [2.05, 4.69) is 20.4 Å². The lowest BCUT2D eigenvalue weighted by Crippen LogP contribution is -2.46. The van der Waals surface area contributed by atoms with Crippen molar-refractivity contribution in [3.05, 3.63) is 52.7 Å². The number of carbonyl (C=O) groups is 1. The highest BCUT2D eigenvalue weighted by molar-refractivity contribution is 5.77. The number of halogens is 1. The van der Waals surface area contributed by atoms with Gasteiger partial charge in [0.1, 0.15) is 11.6 Å². The number of nitrogens with one attached hydrogen (secondary N) is 2. The summed E-state index contributed by atoms with van der Waals surface area (Å²) in [5.41, 5.74) is 0.555. The molecule has 1 saturated heterocycles. The van der Waals surface area contributed by atoms with Gasteiger partial charge in [-0.1, -0.05) is 0 Å². The van der Waals surface area contributed by atoms with Gasteiger partial charge in [-0.3, -0.25) is 9.59 Å². The molecule has 0 atom stereocenters. The molecule has 1 amide bonds. The summed E-state index contributed by atoms with van der Waals surface area (Å²) in [4.78, 5) is 25.4. The third-order valence-electron chi connectivity index (χ3n) is 4.06. The molecule has 0 radical (unpaired) electrons. The number of hydrogen-bond donors (Lipinski definition) is 2. The summed E-state index contributed by atoms with van der Waals surface area (Å²) in [5.74, 6) is -0.104. The Labute approximate surface area is 143 Å². The third kappa shape index (κ3) is 4.79. The first-order valence-electron chi connectivity index (χ1n) is 8.07. The average Bonchev–Trinajstić information content (AvgIpc) is 2.62. The predicted octanol–water partition coefficient (Wildman–Crippen LogP) is 1.07. The number of anilines is 1. The molecular weight excluding hydrogens is 327 g/mol. The van der Waals surface area contributed by atoms with Crippen molar-refractivity contribution >= 4 is 11.6 Å². The maximum atomic E-state index is 12.8. The topological polar surface area (TPSA) is 87.3 Å². The van der Waals surface area contributed by atoms with Crippen molar-refractivity contribution in [1.82, 2.24) is 15.5 Å². The number of carbonyl (C=O) groups excluding carboxylic acids is 1. The lowest BCUT2D eigenvalue weighted by atomic mass is 10.0. The molecular formula is C17H19FN4O3. The van der Waals surface area contributed by atoms with Gasteiger partial charge in [-0.05, 0) is 37.1 Å². The maximum absolute atomic E-state index is 12.8. The van der Waals surface area contributed by atoms with Crippen molar-refractivity contribution in [2.45, 2.75) is 18.9 Å². The number of rotatable bonds is 5. The van der Waals surface area contributed by atoms with Crippen LogP contribution in [-0.2, 0) is 4.79 Å². The molecule has 1 fully saturated rings. The number of benzene rings is 1. The number of nitrogens with zero attached hydrogens (tertiary/aromatic N) is 2. The van der Waals surface area contributed by atoms with Gasteiger partial charge in [0.2, 0.25) is 0 Å². The smallest absolute Gasteiger partial charge is 0.266 e. The summed E-state index contributed by atoms with van der Waals surface area (Å²) in [7, 11) is 0. The SMILES string of the molecule is O=C(COc1ccc(F)cc1)NC1CCN(c2cn[nH]c(=O)c2)CC1. The van der Waals surface area contributed by atoms with Crippen molar-refractivity contribution in [1.29, 1.82) is 0 Å². The molecule has 0 saturated carbocycles. The van der Waals surface area contributed by atoms with Crippen LogP contribution in [0.2, 0.25) is 0 Å². The van der Waals surface area contributed by atoms with E-state index >= 15 is 0 Å². The monoisotopic (exact) mass is 346 g/mol. The normalized spacial score (nSPS) is 15.0. The van der Waals surface area contributed by atoms with Crippen LogP contribution >= 0.6 is 0 Å². The van der Waals surface area contributed by atoms with Gasteiger partial charge in [0.25, 0.3) is 11.5 Å². The van der Waals surface area contributed by atoms with Crippen LogP contribution in [0.1, 0.15) is 12.8 Å². The molecule has 1 aromatic heterocycles. The molecule has 8 heteroatoms. The average molecular weight is 346 g/mol. The summed E-state index contributed by atoms with van der Waals surface area (Å²) in [5, 5.41) is 9.08. The standard InChI is InChI=1S/C17H19FN4O3/c18-12-1-3-15(4-2-12)25-11-17(24)20-13-5-7-22(8-6-13)14-9-16(23)21-19-10-14/h1-4,9-10,13H,5-8,11H2,(H,20,24)(H,21,23). The van der Waals surface area contributed by atoms with E-state index in [-0.39, 0.29) is 29.9 Å². The summed E-state index contributed by atoms with van der Waals surface area (Å²) < 4.78 is 18.1. The van der Waals surface area contributed by atoms with Gasteiger partial charge < -0.3 is 15.0 Å². The molecule has 3 rings (SSSR count). The molecule has 1 aliphatic heterocycles. The predicted molar refractivity (Wildman–Crippen MR) is 90.1 cm³/mol. The van der Waals surface area contributed by atoms with Crippen LogP contribution in [0.25, 0.3) is 0 Å². The minimum absolute atomic E-state index is 0.0653. The highest BCUT2D eigenvalue weighted by atomic mass is 19.1. The van der Waals surface area contributed by atoms with Gasteiger partial charge in [0, 0.05) is 25.2 Å². The van der Waals surface area contributed by atoms with E-state index in [1.54, 1.807) is 6.20 Å². The van der Waals surface area contributed by atoms with E-state index in [0.717, 1.165) is 31.6 Å². The quantitative estimate of drug-likeness (QED) is 0.846. The molecule has 25 heavy (non-hydrogen) atoms. The Morgan fingerprint density at radius 3 is 2.72 bits per heavy atom. The van der Waals surface area contributed by atoms with E-state index in [1.807, 2.05) is 0 Å². The largest absolute Gasteiger partial charge is 0.484 e. The summed E-state index contributed by atoms with van der Waals surface area (Å²) in [6.07, 6.45) is 3.17. The number of ether oxygens (including phenoxy) is 1. The first kappa shape index (κ1) is 16.9. The molecule has 0 unspecified atom stereocenters. The second-order valence-corrected chi connectivity index (χ2v) is 5.87. The van der Waals surface area contributed by atoms with E-state index in [0.29, 0.717) is 5.75 Å². The van der Waals surface area contributed by atoms with Gasteiger partial charge in [-0.15, -0.1) is 0 Å². The Morgan fingerprint density at radius 1 is 1.32 bits per heavy atom. The van der Waals surface area contributed by atoms with Crippen molar-refractivity contribution < 1.29 is 13.9 Å². The molecule has 0 bridgehead atoms. The lowest BCUT2D eigenvalue weighted by molar-refractivity contribution is -0.123. The summed E-state index contributed by atoms with van der Waals surface area (Å²) in [6, 6.07) is 7.12. The molecule has 0 spiro atoms. The van der Waals surface area contributed by atoms with Gasteiger partial charge in [0.05, 0.1) is 11.9 Å². The van der Waals surface area contributed by atoms with Crippen LogP contribution in [0.5, 0.6) is 5.75 Å². The highest BCUT2D eigenvalue weighted by Gasteiger charge is 2.21. The highest BCUT2D eigenvalue weighted by Crippen LogP contribution is 2.17. The molecule has 2 N–H and O–H groups in total. The number of piperidine rings is 1. The molecule has 132 valence electrons. The van der Waals surface area contributed by atoms with Gasteiger partial charge >= 0.3 is 0 Å². The Balaban J connectivity index is 1.43. The second-order valence-electron chi connectivity index (χ2n) is 5.87. The Bertz CT molecular complexity index is 770. The van der Waals surface area contributed by atoms with Crippen LogP contribution in [0, 0.1) is 5.82 Å². The fraction of sp³-hybridized carbons (Fsp3) is 0.353. The number of aromatic nitrogens is 2. The van der Waals surface area contributed by atoms with Crippen LogP contribution in [-0.4, -0.2) is 41.8 Å². The van der Waals surface area contributed by atoms with Crippen LogP contribution < -0.4 is 20.5 Å². The Morgan fingerprint density at radius 2 is 2.04 bits per heavy atom. The number of hydrogen-bond acceptors (Lipinski definition) is 5. The summed E-state index contributed by atoms with van der Waals surface area (Å²) in [6.45, 7) is 1.35. The molecule has 0 aliphatic carbocycles. The third-order valence-corrected chi connectivity index (χ3v) is 4.06. The maximum Gasteiger partial charge on any atom is 0.266 e. The van der Waals surface area contributed by atoms with Gasteiger partial charge in [-0.25, -0.2) is 9.49 Å². The minimum Gasteiger partial charge on any atom is -0.484 e. The van der Waals surface area contributed by atoms with Crippen molar-refractivity contribution in [2.75, 3.05) is 24.6 Å². The van der Waals surface area contributed by atoms with E-state index < -0.39 is 0 Å². The zero-order valence-electron chi connectivity index (χ0n) is 13.6. The molecule has 7 nitrogen and oxygen atoms in total. The van der Waals surface area contributed by atoms with Crippen LogP contribution in [0.15, 0.2) is 41.3 Å². The van der Waals surface area contributed by atoms with Crippen molar-refractivity contribution in [3.63, 3.8) is 0 Å². The van der Waals surface area contributed by atoms with Crippen LogP contribution in [0.4, 0.5) is 10.1 Å². The van der Waals surface area contributed by atoms with E-state index in [4.69, 9.17) is 4.74 Å². The van der Waals surface area contributed by atoms with E-state index in [1.165, 1.54) is 30.3 Å². The Kier molecular flexibility index (Phi) is 5.27. The zero-order valence-corrected chi connectivity index (χ0v) is 13.6. The van der Waals surface area contributed by atoms with Crippen molar-refractivity contribution in [2.24, 2.45) is 0 Å². The number of amides is 1. The lowest BCUT2D eigenvalue weighted by Gasteiger charge is -2.33. The van der Waals surface area contributed by atoms with Gasteiger partial charge in [0.15, 0.2) is 6.61 Å². The zero-order chi connectivity index (χ0) is 17.6. The number of H-pyrrole nitrogens is 1. The molecule has 2 heterocycles. The van der Waals surface area contributed by atoms with Gasteiger partial charge in [-0.2, -0.15) is 5.10 Å². The van der Waals surface area contributed by atoms with Crippen molar-refractivity contribution in [3.8, 4) is 5.75 Å². The number of aromatic amines is 1. The summed E-state index contributed by atoms with van der Waals surface area (Å²) >= 11 is 0.